The number of carbonyl (C=O) groups is 1. The van der Waals surface area contributed by atoms with E-state index >= 15 is 0 Å². The van der Waals surface area contributed by atoms with Crippen LogP contribution in [0.2, 0.25) is 5.02 Å². The van der Waals surface area contributed by atoms with Crippen LogP contribution >= 0.6 is 11.6 Å². The van der Waals surface area contributed by atoms with Gasteiger partial charge in [-0.1, -0.05) is 35.9 Å². The van der Waals surface area contributed by atoms with Gasteiger partial charge in [-0.2, -0.15) is 13.2 Å². The zero-order valence-electron chi connectivity index (χ0n) is 11.9. The molecule has 1 heterocycles. The molecule has 0 saturated carbocycles. The van der Waals surface area contributed by atoms with Crippen LogP contribution in [0.3, 0.4) is 0 Å². The maximum absolute atomic E-state index is 12.6. The number of fused-ring (bicyclic) bond motifs is 1. The van der Waals surface area contributed by atoms with Gasteiger partial charge in [-0.3, -0.25) is 0 Å². The summed E-state index contributed by atoms with van der Waals surface area (Å²) in [6, 6.07) is 10.4. The number of nitrogens with zero attached hydrogens (tertiary/aromatic N) is 1. The summed E-state index contributed by atoms with van der Waals surface area (Å²) in [5.41, 5.74) is 0.0870. The van der Waals surface area contributed by atoms with Gasteiger partial charge in [0.2, 0.25) is 0 Å². The fourth-order valence-corrected chi connectivity index (χ4v) is 2.59. The molecule has 0 spiro atoms. The van der Waals surface area contributed by atoms with Gasteiger partial charge >= 0.3 is 12.1 Å². The van der Waals surface area contributed by atoms with Crippen LogP contribution in [0.15, 0.2) is 48.5 Å². The summed E-state index contributed by atoms with van der Waals surface area (Å²) in [7, 11) is 0. The van der Waals surface area contributed by atoms with Gasteiger partial charge in [0.15, 0.2) is 0 Å². The fraction of sp³-hybridized carbons (Fsp3) is 0.0588. The smallest absolute Gasteiger partial charge is 0.416 e. The first-order valence-corrected chi connectivity index (χ1v) is 7.15. The van der Waals surface area contributed by atoms with E-state index in [1.165, 1.54) is 18.2 Å². The second kappa shape index (κ2) is 5.79. The Kier molecular flexibility index (Phi) is 3.93. The average Bonchev–Trinajstić information content (AvgIpc) is 2.53. The third-order valence-electron chi connectivity index (χ3n) is 3.53. The highest BCUT2D eigenvalue weighted by atomic mass is 35.5. The zero-order chi connectivity index (χ0) is 17.5. The molecule has 1 aromatic heterocycles. The molecule has 0 aliphatic rings. The molecule has 0 bridgehead atoms. The molecule has 0 aliphatic heterocycles. The fourth-order valence-electron chi connectivity index (χ4n) is 2.37. The van der Waals surface area contributed by atoms with E-state index in [0.717, 1.165) is 12.1 Å². The van der Waals surface area contributed by atoms with E-state index in [9.17, 15) is 23.1 Å². The zero-order valence-corrected chi connectivity index (χ0v) is 12.7. The molecule has 0 fully saturated rings. The molecular weight excluding hydrogens is 343 g/mol. The van der Waals surface area contributed by atoms with Crippen molar-refractivity contribution in [3.8, 4) is 11.3 Å². The molecule has 3 rings (SSSR count). The number of halogens is 4. The van der Waals surface area contributed by atoms with Crippen molar-refractivity contribution in [2.24, 2.45) is 0 Å². The number of para-hydroxylation sites is 1. The summed E-state index contributed by atoms with van der Waals surface area (Å²) in [4.78, 5) is 15.8. The number of carboxylic acid groups (broad SMARTS) is 1. The predicted octanol–water partition coefficient (Wildman–Crippen LogP) is 5.27. The van der Waals surface area contributed by atoms with Crippen molar-refractivity contribution in [2.75, 3.05) is 0 Å². The van der Waals surface area contributed by atoms with Crippen LogP contribution in [0, 0.1) is 0 Å². The Morgan fingerprint density at radius 3 is 2.33 bits per heavy atom. The van der Waals surface area contributed by atoms with E-state index in [0.29, 0.717) is 10.9 Å². The molecule has 3 nitrogen and oxygen atoms in total. The minimum absolute atomic E-state index is 0.0163. The molecule has 0 atom stereocenters. The standard InChI is InChI=1S/C17H9ClF3NO2/c18-13-3-1-2-11-12(16(23)24)8-14(22-15(11)13)9-4-6-10(7-5-9)17(19,20)21/h1-8H,(H,23,24). The lowest BCUT2D eigenvalue weighted by Crippen LogP contribution is -2.04. The highest BCUT2D eigenvalue weighted by Gasteiger charge is 2.30. The number of carboxylic acids is 1. The maximum Gasteiger partial charge on any atom is 0.416 e. The van der Waals surface area contributed by atoms with Gasteiger partial charge in [0.1, 0.15) is 0 Å². The van der Waals surface area contributed by atoms with Crippen molar-refractivity contribution < 1.29 is 23.1 Å². The number of pyridine rings is 1. The number of hydrogen-bond donors (Lipinski definition) is 1. The molecule has 0 aliphatic carbocycles. The van der Waals surface area contributed by atoms with Gasteiger partial charge in [-0.05, 0) is 24.3 Å². The van der Waals surface area contributed by atoms with Crippen LogP contribution < -0.4 is 0 Å². The third kappa shape index (κ3) is 2.92. The first kappa shape index (κ1) is 16.3. The Hall–Kier alpha value is -2.60. The summed E-state index contributed by atoms with van der Waals surface area (Å²) in [6.45, 7) is 0. The monoisotopic (exact) mass is 351 g/mol. The summed E-state index contributed by atoms with van der Waals surface area (Å²) in [6.07, 6.45) is -4.44. The Bertz CT molecular complexity index is 937. The lowest BCUT2D eigenvalue weighted by Gasteiger charge is -2.10. The summed E-state index contributed by atoms with van der Waals surface area (Å²) >= 11 is 6.07. The van der Waals surface area contributed by atoms with Crippen LogP contribution in [-0.4, -0.2) is 16.1 Å². The number of benzene rings is 2. The second-order valence-electron chi connectivity index (χ2n) is 5.07. The van der Waals surface area contributed by atoms with Crippen molar-refractivity contribution in [1.29, 1.82) is 0 Å². The lowest BCUT2D eigenvalue weighted by molar-refractivity contribution is -0.137. The predicted molar refractivity (Wildman–Crippen MR) is 84.2 cm³/mol. The van der Waals surface area contributed by atoms with Gasteiger partial charge in [0.25, 0.3) is 0 Å². The third-order valence-corrected chi connectivity index (χ3v) is 3.83. The largest absolute Gasteiger partial charge is 0.478 e. The highest BCUT2D eigenvalue weighted by Crippen LogP contribution is 2.32. The van der Waals surface area contributed by atoms with E-state index in [1.807, 2.05) is 0 Å². The Balaban J connectivity index is 2.20. The second-order valence-corrected chi connectivity index (χ2v) is 5.48. The molecular formula is C17H9ClF3NO2. The lowest BCUT2D eigenvalue weighted by atomic mass is 10.0. The van der Waals surface area contributed by atoms with Gasteiger partial charge in [-0.25, -0.2) is 9.78 Å². The maximum atomic E-state index is 12.6. The van der Waals surface area contributed by atoms with Crippen molar-refractivity contribution in [2.45, 2.75) is 6.18 Å². The van der Waals surface area contributed by atoms with Crippen LogP contribution in [0.4, 0.5) is 13.2 Å². The number of aromatic carboxylic acids is 1. The van der Waals surface area contributed by atoms with Crippen molar-refractivity contribution in [3.05, 3.63) is 64.7 Å². The number of alkyl halides is 3. The average molecular weight is 352 g/mol. The van der Waals surface area contributed by atoms with E-state index < -0.39 is 17.7 Å². The molecule has 3 aromatic rings. The van der Waals surface area contributed by atoms with Gasteiger partial charge < -0.3 is 5.11 Å². The molecule has 0 saturated heterocycles. The molecule has 0 unspecified atom stereocenters. The Morgan fingerprint density at radius 2 is 1.75 bits per heavy atom. The molecule has 2 aromatic carbocycles. The van der Waals surface area contributed by atoms with Crippen molar-refractivity contribution in [3.63, 3.8) is 0 Å². The molecule has 0 amide bonds. The van der Waals surface area contributed by atoms with Gasteiger partial charge in [0.05, 0.1) is 27.4 Å². The summed E-state index contributed by atoms with van der Waals surface area (Å²) < 4.78 is 37.9. The molecule has 122 valence electrons. The minimum Gasteiger partial charge on any atom is -0.478 e. The summed E-state index contributed by atoms with van der Waals surface area (Å²) in [5.74, 6) is -1.17. The first-order valence-electron chi connectivity index (χ1n) is 6.77. The minimum atomic E-state index is -4.44. The highest BCUT2D eigenvalue weighted by molar-refractivity contribution is 6.35. The van der Waals surface area contributed by atoms with E-state index in [1.54, 1.807) is 18.2 Å². The van der Waals surface area contributed by atoms with Crippen LogP contribution in [0.1, 0.15) is 15.9 Å². The SMILES string of the molecule is O=C(O)c1cc(-c2ccc(C(F)(F)F)cc2)nc2c(Cl)cccc12. The molecule has 7 heteroatoms. The van der Waals surface area contributed by atoms with E-state index in [-0.39, 0.29) is 21.8 Å². The Morgan fingerprint density at radius 1 is 1.08 bits per heavy atom. The van der Waals surface area contributed by atoms with Crippen molar-refractivity contribution >= 4 is 28.5 Å². The molecule has 0 radical (unpaired) electrons. The van der Waals surface area contributed by atoms with Crippen molar-refractivity contribution in [1.82, 2.24) is 4.98 Å². The molecule has 1 N–H and O–H groups in total. The number of aromatic nitrogens is 1. The van der Waals surface area contributed by atoms with Gasteiger partial charge in [-0.15, -0.1) is 0 Å². The van der Waals surface area contributed by atoms with E-state index in [4.69, 9.17) is 11.6 Å². The van der Waals surface area contributed by atoms with Crippen LogP contribution in [0.5, 0.6) is 0 Å². The first-order chi connectivity index (χ1) is 11.3. The van der Waals surface area contributed by atoms with Crippen LogP contribution in [0.25, 0.3) is 22.2 Å². The normalized spacial score (nSPS) is 11.7. The number of hydrogen-bond acceptors (Lipinski definition) is 2. The quantitative estimate of drug-likeness (QED) is 0.684. The Labute approximate surface area is 139 Å². The molecule has 24 heavy (non-hydrogen) atoms. The van der Waals surface area contributed by atoms with Gasteiger partial charge in [0, 0.05) is 10.9 Å². The topological polar surface area (TPSA) is 50.2 Å². The van der Waals surface area contributed by atoms with Crippen LogP contribution in [-0.2, 0) is 6.18 Å². The number of rotatable bonds is 2. The summed E-state index contributed by atoms with van der Waals surface area (Å²) in [5, 5.41) is 10.0. The van der Waals surface area contributed by atoms with E-state index in [2.05, 4.69) is 4.98 Å².